The monoisotopic (exact) mass is 483 g/mol. The molecule has 0 aliphatic carbocycles. The molecule has 1 fully saturated rings. The number of carbonyl (C=O) groups is 1. The molecule has 1 N–H and O–H groups in total. The number of amides is 1. The Labute approximate surface area is 199 Å². The third-order valence-corrected chi connectivity index (χ3v) is 8.16. The third-order valence-electron chi connectivity index (χ3n) is 5.77. The average molecular weight is 484 g/mol. The highest BCUT2D eigenvalue weighted by Gasteiger charge is 2.35. The second kappa shape index (κ2) is 10.5. The first-order valence-electron chi connectivity index (χ1n) is 10.8. The molecule has 0 aromatic heterocycles. The number of carbonyl (C=O) groups excluding carboxylic acids is 1. The fourth-order valence-electron chi connectivity index (χ4n) is 4.04. The molecule has 0 radical (unpaired) electrons. The van der Waals surface area contributed by atoms with Crippen LogP contribution in [0.3, 0.4) is 0 Å². The fourth-order valence-corrected chi connectivity index (χ4v) is 5.96. The molecule has 1 aliphatic rings. The van der Waals surface area contributed by atoms with Crippen molar-refractivity contribution in [1.29, 1.82) is 0 Å². The lowest BCUT2D eigenvalue weighted by Crippen LogP contribution is -2.52. The number of hydrogen-bond donors (Lipinski definition) is 1. The number of piperazine rings is 1. The van der Waals surface area contributed by atoms with E-state index >= 15 is 0 Å². The number of rotatable bonds is 7. The van der Waals surface area contributed by atoms with E-state index in [0.29, 0.717) is 19.6 Å². The number of sulfonamides is 1. The molecule has 6 nitrogen and oxygen atoms in total. The van der Waals surface area contributed by atoms with Gasteiger partial charge in [-0.1, -0.05) is 84.4 Å². The van der Waals surface area contributed by atoms with E-state index in [9.17, 15) is 13.2 Å². The van der Waals surface area contributed by atoms with Crippen LogP contribution in [0.25, 0.3) is 0 Å². The van der Waals surface area contributed by atoms with Crippen LogP contribution in [0.15, 0.2) is 89.8 Å². The molecule has 172 valence electrons. The predicted molar refractivity (Wildman–Crippen MR) is 129 cm³/mol. The highest BCUT2D eigenvalue weighted by atomic mass is 35.5. The Bertz CT molecular complexity index is 1180. The van der Waals surface area contributed by atoms with Crippen LogP contribution < -0.4 is 5.32 Å². The van der Waals surface area contributed by atoms with Gasteiger partial charge in [-0.2, -0.15) is 4.31 Å². The molecule has 1 atom stereocenters. The van der Waals surface area contributed by atoms with Gasteiger partial charge in [-0.05, 0) is 23.3 Å². The van der Waals surface area contributed by atoms with Crippen molar-refractivity contribution in [3.05, 3.63) is 101 Å². The van der Waals surface area contributed by atoms with Crippen molar-refractivity contribution in [3.8, 4) is 0 Å². The van der Waals surface area contributed by atoms with Gasteiger partial charge in [0.25, 0.3) is 0 Å². The minimum absolute atomic E-state index is 0.104. The summed E-state index contributed by atoms with van der Waals surface area (Å²) in [5, 5.41) is 3.25. The summed E-state index contributed by atoms with van der Waals surface area (Å²) in [5.74, 6) is -0.104. The van der Waals surface area contributed by atoms with Gasteiger partial charge in [-0.25, -0.2) is 8.42 Å². The maximum Gasteiger partial charge on any atom is 0.244 e. The fraction of sp³-hybridized carbons (Fsp3) is 0.240. The Balaban J connectivity index is 1.49. The van der Waals surface area contributed by atoms with Crippen LogP contribution in [0.2, 0.25) is 5.02 Å². The molecule has 0 bridgehead atoms. The van der Waals surface area contributed by atoms with E-state index in [-0.39, 0.29) is 28.9 Å². The Kier molecular flexibility index (Phi) is 7.45. The highest BCUT2D eigenvalue weighted by Crippen LogP contribution is 2.28. The molecular weight excluding hydrogens is 458 g/mol. The molecule has 1 saturated heterocycles. The molecule has 0 spiro atoms. The first kappa shape index (κ1) is 23.4. The van der Waals surface area contributed by atoms with Gasteiger partial charge in [0.05, 0.1) is 5.02 Å². The molecule has 1 heterocycles. The molecule has 4 rings (SSSR count). The normalized spacial score (nSPS) is 16.3. The SMILES string of the molecule is O=C(NCc1ccccc1)[C@@H](c1ccccc1)N1CCN(S(=O)(=O)c2ccccc2Cl)CC1. The molecule has 1 amide bonds. The van der Waals surface area contributed by atoms with Crippen molar-refractivity contribution in [3.63, 3.8) is 0 Å². The van der Waals surface area contributed by atoms with Crippen molar-refractivity contribution in [2.75, 3.05) is 26.2 Å². The van der Waals surface area contributed by atoms with Crippen molar-refractivity contribution in [2.45, 2.75) is 17.5 Å². The Morgan fingerprint density at radius 2 is 1.42 bits per heavy atom. The maximum atomic E-state index is 13.3. The van der Waals surface area contributed by atoms with Crippen LogP contribution in [-0.2, 0) is 21.4 Å². The summed E-state index contributed by atoms with van der Waals surface area (Å²) in [6.07, 6.45) is 0. The minimum atomic E-state index is -3.70. The Morgan fingerprint density at radius 3 is 2.06 bits per heavy atom. The smallest absolute Gasteiger partial charge is 0.244 e. The van der Waals surface area contributed by atoms with Gasteiger partial charge in [-0.15, -0.1) is 0 Å². The van der Waals surface area contributed by atoms with Gasteiger partial charge in [0.15, 0.2) is 0 Å². The summed E-state index contributed by atoms with van der Waals surface area (Å²) in [6.45, 7) is 1.86. The van der Waals surface area contributed by atoms with E-state index in [2.05, 4.69) is 5.32 Å². The van der Waals surface area contributed by atoms with Crippen LogP contribution in [0.1, 0.15) is 17.2 Å². The summed E-state index contributed by atoms with van der Waals surface area (Å²) in [6, 6.07) is 25.3. The summed E-state index contributed by atoms with van der Waals surface area (Å²) in [7, 11) is -3.70. The van der Waals surface area contributed by atoms with E-state index in [4.69, 9.17) is 11.6 Å². The first-order chi connectivity index (χ1) is 16.0. The Hall–Kier alpha value is -2.71. The summed E-state index contributed by atoms with van der Waals surface area (Å²) >= 11 is 6.14. The maximum absolute atomic E-state index is 13.3. The van der Waals surface area contributed by atoms with E-state index in [1.165, 1.54) is 10.4 Å². The zero-order valence-electron chi connectivity index (χ0n) is 18.1. The van der Waals surface area contributed by atoms with Gasteiger partial charge in [0.2, 0.25) is 15.9 Å². The Morgan fingerprint density at radius 1 is 0.848 bits per heavy atom. The number of hydrogen-bond acceptors (Lipinski definition) is 4. The van der Waals surface area contributed by atoms with Crippen LogP contribution in [0.4, 0.5) is 0 Å². The average Bonchev–Trinajstić information content (AvgIpc) is 2.85. The molecule has 3 aromatic carbocycles. The lowest BCUT2D eigenvalue weighted by Gasteiger charge is -2.38. The minimum Gasteiger partial charge on any atom is -0.350 e. The van der Waals surface area contributed by atoms with Crippen LogP contribution in [-0.4, -0.2) is 49.7 Å². The predicted octanol–water partition coefficient (Wildman–Crippen LogP) is 3.70. The molecule has 3 aromatic rings. The quantitative estimate of drug-likeness (QED) is 0.556. The van der Waals surface area contributed by atoms with E-state index < -0.39 is 16.1 Å². The second-order valence-electron chi connectivity index (χ2n) is 7.89. The van der Waals surface area contributed by atoms with Crippen molar-refractivity contribution >= 4 is 27.5 Å². The van der Waals surface area contributed by atoms with Gasteiger partial charge in [0, 0.05) is 32.7 Å². The highest BCUT2D eigenvalue weighted by molar-refractivity contribution is 7.89. The van der Waals surface area contributed by atoms with Crippen LogP contribution >= 0.6 is 11.6 Å². The van der Waals surface area contributed by atoms with Crippen molar-refractivity contribution in [1.82, 2.24) is 14.5 Å². The molecule has 8 heteroatoms. The van der Waals surface area contributed by atoms with Gasteiger partial charge >= 0.3 is 0 Å². The lowest BCUT2D eigenvalue weighted by molar-refractivity contribution is -0.127. The second-order valence-corrected chi connectivity index (χ2v) is 10.2. The first-order valence-corrected chi connectivity index (χ1v) is 12.6. The van der Waals surface area contributed by atoms with Crippen molar-refractivity contribution < 1.29 is 13.2 Å². The largest absolute Gasteiger partial charge is 0.350 e. The van der Waals surface area contributed by atoms with Crippen LogP contribution in [0.5, 0.6) is 0 Å². The molecule has 0 unspecified atom stereocenters. The lowest BCUT2D eigenvalue weighted by atomic mass is 10.0. The molecular formula is C25H26ClN3O3S. The van der Waals surface area contributed by atoms with Gasteiger partial charge < -0.3 is 5.32 Å². The van der Waals surface area contributed by atoms with E-state index in [1.54, 1.807) is 18.2 Å². The zero-order chi connectivity index (χ0) is 23.3. The number of nitrogens with one attached hydrogen (secondary N) is 1. The molecule has 33 heavy (non-hydrogen) atoms. The third kappa shape index (κ3) is 5.45. The number of benzene rings is 3. The summed E-state index contributed by atoms with van der Waals surface area (Å²) in [4.78, 5) is 15.4. The van der Waals surface area contributed by atoms with Gasteiger partial charge in [0.1, 0.15) is 10.9 Å². The van der Waals surface area contributed by atoms with Gasteiger partial charge in [-0.3, -0.25) is 9.69 Å². The zero-order valence-corrected chi connectivity index (χ0v) is 19.7. The standard InChI is InChI=1S/C25H26ClN3O3S/c26-22-13-7-8-14-23(22)33(31,32)29-17-15-28(16-18-29)24(21-11-5-2-6-12-21)25(30)27-19-20-9-3-1-4-10-20/h1-14,24H,15-19H2,(H,27,30)/t24-/m1/s1. The molecule has 1 aliphatic heterocycles. The topological polar surface area (TPSA) is 69.7 Å². The number of nitrogens with zero attached hydrogens (tertiary/aromatic N) is 2. The summed E-state index contributed by atoms with van der Waals surface area (Å²) < 4.78 is 27.6. The van der Waals surface area contributed by atoms with E-state index in [1.807, 2.05) is 65.6 Å². The van der Waals surface area contributed by atoms with E-state index in [0.717, 1.165) is 11.1 Å². The molecule has 0 saturated carbocycles. The van der Waals surface area contributed by atoms with Crippen molar-refractivity contribution in [2.24, 2.45) is 0 Å². The number of halogens is 1. The van der Waals surface area contributed by atoms with Crippen LogP contribution in [0, 0.1) is 0 Å². The summed E-state index contributed by atoms with van der Waals surface area (Å²) in [5.41, 5.74) is 1.90.